The minimum absolute atomic E-state index is 0. The molecule has 3 N–H and O–H groups in total. The van der Waals surface area contributed by atoms with E-state index in [0.29, 0.717) is 31.1 Å². The maximum Gasteiger partial charge on any atom is 0.225 e. The average Bonchev–Trinajstić information content (AvgIpc) is 2.90. The normalized spacial score (nSPS) is 10.5. The highest BCUT2D eigenvalue weighted by Crippen LogP contribution is 2.22. The number of aryl methyl sites for hydroxylation is 1. The number of benzene rings is 1. The Bertz CT molecular complexity index is 635. The molecule has 0 atom stereocenters. The third-order valence-corrected chi connectivity index (χ3v) is 3.47. The van der Waals surface area contributed by atoms with Crippen molar-refractivity contribution in [2.24, 2.45) is 5.73 Å². The lowest BCUT2D eigenvalue weighted by molar-refractivity contribution is -0.116. The fourth-order valence-electron chi connectivity index (χ4n) is 2.12. The van der Waals surface area contributed by atoms with E-state index in [1.54, 1.807) is 4.68 Å². The highest BCUT2D eigenvalue weighted by molar-refractivity contribution is 5.90. The summed E-state index contributed by atoms with van der Waals surface area (Å²) in [6.07, 6.45) is 1.11. The molecule has 126 valence electrons. The van der Waals surface area contributed by atoms with Crippen molar-refractivity contribution in [3.63, 3.8) is 0 Å². The molecule has 0 aliphatic rings. The van der Waals surface area contributed by atoms with Gasteiger partial charge in [0, 0.05) is 12.5 Å². The first-order chi connectivity index (χ1) is 10.5. The van der Waals surface area contributed by atoms with Crippen molar-refractivity contribution in [2.75, 3.05) is 11.9 Å². The Morgan fingerprint density at radius 2 is 1.96 bits per heavy atom. The van der Waals surface area contributed by atoms with Gasteiger partial charge in [-0.2, -0.15) is 5.10 Å². The maximum atomic E-state index is 12.0. The molecule has 2 rings (SSSR count). The van der Waals surface area contributed by atoms with Crippen LogP contribution >= 0.6 is 12.4 Å². The molecule has 1 aromatic carbocycles. The molecule has 5 nitrogen and oxygen atoms in total. The second kappa shape index (κ2) is 8.70. The van der Waals surface area contributed by atoms with E-state index in [2.05, 4.69) is 24.3 Å². The van der Waals surface area contributed by atoms with Crippen LogP contribution in [-0.2, 0) is 4.79 Å². The number of carbonyl (C=O) groups is 1. The number of nitrogens with zero attached hydrogens (tertiary/aromatic N) is 2. The van der Waals surface area contributed by atoms with Gasteiger partial charge in [0.05, 0.1) is 11.4 Å². The summed E-state index contributed by atoms with van der Waals surface area (Å²) in [4.78, 5) is 12.0. The molecule has 1 heterocycles. The molecule has 1 amide bonds. The molecule has 2 aromatic rings. The van der Waals surface area contributed by atoms with Crippen molar-refractivity contribution < 1.29 is 4.79 Å². The number of hydrogen-bond acceptors (Lipinski definition) is 3. The third-order valence-electron chi connectivity index (χ3n) is 3.47. The first kappa shape index (κ1) is 19.2. The number of nitrogens with two attached hydrogens (primary N) is 1. The number of nitrogens with one attached hydrogen (secondary N) is 1. The van der Waals surface area contributed by atoms with E-state index in [0.717, 1.165) is 11.4 Å². The Balaban J connectivity index is 0.00000264. The second-order valence-electron chi connectivity index (χ2n) is 5.80. The van der Waals surface area contributed by atoms with Gasteiger partial charge in [0.15, 0.2) is 0 Å². The quantitative estimate of drug-likeness (QED) is 0.849. The minimum atomic E-state index is -0.0333. The van der Waals surface area contributed by atoms with Crippen molar-refractivity contribution in [1.29, 1.82) is 0 Å². The van der Waals surface area contributed by atoms with Crippen LogP contribution in [0.5, 0.6) is 0 Å². The van der Waals surface area contributed by atoms with Crippen LogP contribution in [-0.4, -0.2) is 22.2 Å². The zero-order valence-electron chi connectivity index (χ0n) is 13.9. The van der Waals surface area contributed by atoms with Crippen LogP contribution in [0.15, 0.2) is 30.3 Å². The molecule has 0 fully saturated rings. The van der Waals surface area contributed by atoms with E-state index in [4.69, 9.17) is 5.73 Å². The number of amides is 1. The number of hydrogen-bond donors (Lipinski definition) is 2. The number of halogens is 1. The second-order valence-corrected chi connectivity index (χ2v) is 5.80. The average molecular weight is 337 g/mol. The molecule has 23 heavy (non-hydrogen) atoms. The van der Waals surface area contributed by atoms with E-state index < -0.39 is 0 Å². The van der Waals surface area contributed by atoms with Crippen molar-refractivity contribution in [3.05, 3.63) is 41.6 Å². The minimum Gasteiger partial charge on any atom is -0.330 e. The molecule has 0 spiro atoms. The van der Waals surface area contributed by atoms with Gasteiger partial charge in [0.25, 0.3) is 0 Å². The zero-order chi connectivity index (χ0) is 16.1. The lowest BCUT2D eigenvalue weighted by Crippen LogP contribution is -2.16. The highest BCUT2D eigenvalue weighted by Gasteiger charge is 2.14. The van der Waals surface area contributed by atoms with Crippen molar-refractivity contribution in [1.82, 2.24) is 9.78 Å². The Morgan fingerprint density at radius 3 is 2.52 bits per heavy atom. The summed E-state index contributed by atoms with van der Waals surface area (Å²) in [5, 5.41) is 7.56. The number of rotatable bonds is 6. The summed E-state index contributed by atoms with van der Waals surface area (Å²) >= 11 is 0. The zero-order valence-corrected chi connectivity index (χ0v) is 14.7. The number of anilines is 1. The molecular weight excluding hydrogens is 312 g/mol. The van der Waals surface area contributed by atoms with Crippen molar-refractivity contribution >= 4 is 24.1 Å². The monoisotopic (exact) mass is 336 g/mol. The van der Waals surface area contributed by atoms with Gasteiger partial charge < -0.3 is 11.1 Å². The van der Waals surface area contributed by atoms with Crippen LogP contribution in [0.3, 0.4) is 0 Å². The van der Waals surface area contributed by atoms with Crippen LogP contribution in [0, 0.1) is 6.92 Å². The lowest BCUT2D eigenvalue weighted by atomic mass is 10.1. The van der Waals surface area contributed by atoms with Gasteiger partial charge in [-0.05, 0) is 37.9 Å². The van der Waals surface area contributed by atoms with Crippen LogP contribution in [0.2, 0.25) is 0 Å². The van der Waals surface area contributed by atoms with E-state index in [1.165, 1.54) is 5.56 Å². The molecule has 0 saturated heterocycles. The van der Waals surface area contributed by atoms with Crippen molar-refractivity contribution in [2.45, 2.75) is 39.5 Å². The molecule has 0 aliphatic carbocycles. The molecule has 0 aliphatic heterocycles. The fraction of sp³-hybridized carbons (Fsp3) is 0.412. The molecule has 0 radical (unpaired) electrons. The van der Waals surface area contributed by atoms with Gasteiger partial charge >= 0.3 is 0 Å². The molecule has 0 saturated carbocycles. The van der Waals surface area contributed by atoms with E-state index in [9.17, 15) is 4.79 Å². The Labute approximate surface area is 143 Å². The standard InChI is InChI=1S/C17H24N4O.ClH/c1-12(2)15-11-16(19-17(22)5-4-10-18)21(20-15)14-8-6-13(3)7-9-14;/h6-9,11-12H,4-5,10,18H2,1-3H3,(H,19,22);1H. The van der Waals surface area contributed by atoms with Gasteiger partial charge in [0.1, 0.15) is 5.82 Å². The van der Waals surface area contributed by atoms with Gasteiger partial charge in [-0.25, -0.2) is 4.68 Å². The van der Waals surface area contributed by atoms with Gasteiger partial charge in [0.2, 0.25) is 5.91 Å². The third kappa shape index (κ3) is 5.08. The summed E-state index contributed by atoms with van der Waals surface area (Å²) in [6, 6.07) is 10.0. The maximum absolute atomic E-state index is 12.0. The Kier molecular flexibility index (Phi) is 7.26. The molecular formula is C17H25ClN4O. The molecule has 1 aromatic heterocycles. The molecule has 0 bridgehead atoms. The lowest BCUT2D eigenvalue weighted by Gasteiger charge is -2.09. The van der Waals surface area contributed by atoms with Gasteiger partial charge in [-0.1, -0.05) is 31.5 Å². The Hall–Kier alpha value is -1.85. The van der Waals surface area contributed by atoms with E-state index >= 15 is 0 Å². The summed E-state index contributed by atoms with van der Waals surface area (Å²) in [5.74, 6) is 0.968. The Morgan fingerprint density at radius 1 is 1.30 bits per heavy atom. The largest absolute Gasteiger partial charge is 0.330 e. The fourth-order valence-corrected chi connectivity index (χ4v) is 2.12. The first-order valence-electron chi connectivity index (χ1n) is 7.68. The van der Waals surface area contributed by atoms with Crippen LogP contribution in [0.25, 0.3) is 5.69 Å². The van der Waals surface area contributed by atoms with E-state index in [1.807, 2.05) is 37.3 Å². The SMILES string of the molecule is Cc1ccc(-n2nc(C(C)C)cc2NC(=O)CCCN)cc1.Cl. The molecule has 6 heteroatoms. The summed E-state index contributed by atoms with van der Waals surface area (Å²) in [7, 11) is 0. The van der Waals surface area contributed by atoms with Gasteiger partial charge in [-0.3, -0.25) is 4.79 Å². The predicted octanol–water partition coefficient (Wildman–Crippen LogP) is 3.40. The van der Waals surface area contributed by atoms with Crippen LogP contribution in [0.1, 0.15) is 43.9 Å². The first-order valence-corrected chi connectivity index (χ1v) is 7.68. The summed E-state index contributed by atoms with van der Waals surface area (Å²) < 4.78 is 1.79. The summed E-state index contributed by atoms with van der Waals surface area (Å²) in [5.41, 5.74) is 8.53. The molecule has 0 unspecified atom stereocenters. The van der Waals surface area contributed by atoms with Crippen molar-refractivity contribution in [3.8, 4) is 5.69 Å². The topological polar surface area (TPSA) is 72.9 Å². The van der Waals surface area contributed by atoms with Gasteiger partial charge in [-0.15, -0.1) is 12.4 Å². The number of aromatic nitrogens is 2. The summed E-state index contributed by atoms with van der Waals surface area (Å²) in [6.45, 7) is 6.73. The van der Waals surface area contributed by atoms with E-state index in [-0.39, 0.29) is 18.3 Å². The van der Waals surface area contributed by atoms with Crippen LogP contribution in [0.4, 0.5) is 5.82 Å². The smallest absolute Gasteiger partial charge is 0.225 e. The predicted molar refractivity (Wildman–Crippen MR) is 96.6 cm³/mol. The highest BCUT2D eigenvalue weighted by atomic mass is 35.5. The van der Waals surface area contributed by atoms with Crippen LogP contribution < -0.4 is 11.1 Å². The number of carbonyl (C=O) groups excluding carboxylic acids is 1.